The predicted octanol–water partition coefficient (Wildman–Crippen LogP) is 1.58. The molecule has 0 aromatic heterocycles. The Balaban J connectivity index is 2.16. The van der Waals surface area contributed by atoms with Crippen molar-refractivity contribution in [2.24, 2.45) is 0 Å². The third kappa shape index (κ3) is 3.49. The van der Waals surface area contributed by atoms with Crippen LogP contribution in [0.1, 0.15) is 18.4 Å². The lowest BCUT2D eigenvalue weighted by Gasteiger charge is -2.29. The summed E-state index contributed by atoms with van der Waals surface area (Å²) in [5.41, 5.74) is 0.341. The molecule has 0 saturated carbocycles. The molecular weight excluding hydrogens is 298 g/mol. The van der Waals surface area contributed by atoms with E-state index in [1.54, 1.807) is 0 Å². The Morgan fingerprint density at radius 3 is 2.60 bits per heavy atom. The van der Waals surface area contributed by atoms with E-state index in [2.05, 4.69) is 9.62 Å². The molecule has 7 heteroatoms. The number of nitriles is 1. The second-order valence-electron chi connectivity index (χ2n) is 4.96. The number of piperidine rings is 1. The van der Waals surface area contributed by atoms with Crippen LogP contribution in [0.3, 0.4) is 0 Å². The first-order valence-corrected chi connectivity index (χ1v) is 8.19. The number of halogens is 1. The van der Waals surface area contributed by atoms with Gasteiger partial charge in [-0.1, -0.05) is 11.6 Å². The number of hydrogen-bond donors (Lipinski definition) is 1. The van der Waals surface area contributed by atoms with E-state index in [4.69, 9.17) is 16.9 Å². The summed E-state index contributed by atoms with van der Waals surface area (Å²) >= 11 is 5.96. The third-order valence-corrected chi connectivity index (χ3v) is 5.39. The molecule has 108 valence electrons. The van der Waals surface area contributed by atoms with Gasteiger partial charge in [0.1, 0.15) is 4.90 Å². The summed E-state index contributed by atoms with van der Waals surface area (Å²) in [6.45, 7) is 1.74. The first-order chi connectivity index (χ1) is 9.42. The monoisotopic (exact) mass is 313 g/mol. The van der Waals surface area contributed by atoms with Crippen LogP contribution < -0.4 is 4.72 Å². The largest absolute Gasteiger partial charge is 0.306 e. The number of nitrogens with one attached hydrogen (secondary N) is 1. The van der Waals surface area contributed by atoms with Crippen LogP contribution in [0.25, 0.3) is 0 Å². The van der Waals surface area contributed by atoms with E-state index in [1.807, 2.05) is 13.1 Å². The second-order valence-corrected chi connectivity index (χ2v) is 7.05. The Kier molecular flexibility index (Phi) is 4.66. The van der Waals surface area contributed by atoms with E-state index >= 15 is 0 Å². The molecule has 1 aromatic rings. The summed E-state index contributed by atoms with van der Waals surface area (Å²) in [7, 11) is -1.63. The van der Waals surface area contributed by atoms with Crippen molar-refractivity contribution in [1.29, 1.82) is 5.26 Å². The SMILES string of the molecule is CN1CCC(NS(=O)(=O)c2ccc(C#N)cc2Cl)CC1. The first-order valence-electron chi connectivity index (χ1n) is 6.33. The summed E-state index contributed by atoms with van der Waals surface area (Å²) < 4.78 is 27.3. The van der Waals surface area contributed by atoms with Gasteiger partial charge in [0.05, 0.1) is 16.7 Å². The third-order valence-electron chi connectivity index (χ3n) is 3.39. The average Bonchev–Trinajstić information content (AvgIpc) is 2.40. The Hall–Kier alpha value is -1.13. The Morgan fingerprint density at radius 2 is 2.05 bits per heavy atom. The fourth-order valence-electron chi connectivity index (χ4n) is 2.20. The number of rotatable bonds is 3. The quantitative estimate of drug-likeness (QED) is 0.919. The zero-order valence-corrected chi connectivity index (χ0v) is 12.7. The van der Waals surface area contributed by atoms with Gasteiger partial charge in [-0.3, -0.25) is 0 Å². The van der Waals surface area contributed by atoms with Gasteiger partial charge in [-0.05, 0) is 51.2 Å². The molecule has 1 saturated heterocycles. The highest BCUT2D eigenvalue weighted by Crippen LogP contribution is 2.23. The van der Waals surface area contributed by atoms with Gasteiger partial charge in [-0.25, -0.2) is 13.1 Å². The zero-order valence-electron chi connectivity index (χ0n) is 11.1. The molecule has 1 heterocycles. The molecule has 0 aliphatic carbocycles. The van der Waals surface area contributed by atoms with Crippen LogP contribution in [0.15, 0.2) is 23.1 Å². The van der Waals surface area contributed by atoms with Crippen LogP contribution in [-0.4, -0.2) is 39.5 Å². The highest BCUT2D eigenvalue weighted by molar-refractivity contribution is 7.89. The van der Waals surface area contributed by atoms with E-state index in [9.17, 15) is 8.42 Å². The minimum Gasteiger partial charge on any atom is -0.306 e. The zero-order chi connectivity index (χ0) is 14.8. The summed E-state index contributed by atoms with van der Waals surface area (Å²) in [6.07, 6.45) is 1.56. The standard InChI is InChI=1S/C13H16ClN3O2S/c1-17-6-4-11(5-7-17)16-20(18,19)13-3-2-10(9-15)8-12(13)14/h2-3,8,11,16H,4-7H2,1H3. The number of hydrogen-bond acceptors (Lipinski definition) is 4. The van der Waals surface area contributed by atoms with Gasteiger partial charge >= 0.3 is 0 Å². The van der Waals surface area contributed by atoms with Crippen LogP contribution in [0.2, 0.25) is 5.02 Å². The summed E-state index contributed by atoms with van der Waals surface area (Å²) in [5, 5.41) is 8.84. The maximum absolute atomic E-state index is 12.3. The highest BCUT2D eigenvalue weighted by atomic mass is 35.5. The van der Waals surface area contributed by atoms with Crippen molar-refractivity contribution < 1.29 is 8.42 Å². The van der Waals surface area contributed by atoms with E-state index in [1.165, 1.54) is 18.2 Å². The molecule has 0 unspecified atom stereocenters. The second kappa shape index (κ2) is 6.10. The van der Waals surface area contributed by atoms with Gasteiger partial charge in [0.25, 0.3) is 0 Å². The topological polar surface area (TPSA) is 73.2 Å². The molecule has 0 bridgehead atoms. The summed E-state index contributed by atoms with van der Waals surface area (Å²) in [5.74, 6) is 0. The lowest BCUT2D eigenvalue weighted by atomic mass is 10.1. The van der Waals surface area contributed by atoms with Gasteiger partial charge in [0.2, 0.25) is 10.0 Å². The van der Waals surface area contributed by atoms with E-state index in [0.29, 0.717) is 5.56 Å². The maximum atomic E-state index is 12.3. The molecule has 0 amide bonds. The van der Waals surface area contributed by atoms with Crippen LogP contribution in [0, 0.1) is 11.3 Å². The number of sulfonamides is 1. The minimum atomic E-state index is -3.64. The molecule has 0 spiro atoms. The molecule has 1 aromatic carbocycles. The van der Waals surface area contributed by atoms with Gasteiger partial charge in [-0.2, -0.15) is 5.26 Å². The fourth-order valence-corrected chi connectivity index (χ4v) is 4.05. The van der Waals surface area contributed by atoms with Crippen LogP contribution in [-0.2, 0) is 10.0 Å². The van der Waals surface area contributed by atoms with Crippen molar-refractivity contribution in [3.8, 4) is 6.07 Å². The molecular formula is C13H16ClN3O2S. The number of nitrogens with zero attached hydrogens (tertiary/aromatic N) is 2. The van der Waals surface area contributed by atoms with Crippen LogP contribution in [0.5, 0.6) is 0 Å². The molecule has 0 atom stereocenters. The average molecular weight is 314 g/mol. The molecule has 1 aliphatic rings. The van der Waals surface area contributed by atoms with Gasteiger partial charge in [0.15, 0.2) is 0 Å². The lowest BCUT2D eigenvalue weighted by molar-refractivity contribution is 0.248. The Morgan fingerprint density at radius 1 is 1.40 bits per heavy atom. The molecule has 0 radical (unpaired) electrons. The van der Waals surface area contributed by atoms with E-state index < -0.39 is 10.0 Å². The molecule has 1 aliphatic heterocycles. The number of benzene rings is 1. The highest BCUT2D eigenvalue weighted by Gasteiger charge is 2.25. The van der Waals surface area contributed by atoms with Gasteiger partial charge in [0, 0.05) is 6.04 Å². The van der Waals surface area contributed by atoms with E-state index in [-0.39, 0.29) is 16.0 Å². The predicted molar refractivity (Wildman–Crippen MR) is 77.0 cm³/mol. The molecule has 20 heavy (non-hydrogen) atoms. The maximum Gasteiger partial charge on any atom is 0.242 e. The smallest absolute Gasteiger partial charge is 0.242 e. The fraction of sp³-hybridized carbons (Fsp3) is 0.462. The van der Waals surface area contributed by atoms with Crippen molar-refractivity contribution in [3.63, 3.8) is 0 Å². The Bertz CT molecular complexity index is 632. The van der Waals surface area contributed by atoms with Crippen molar-refractivity contribution >= 4 is 21.6 Å². The van der Waals surface area contributed by atoms with Crippen LogP contribution in [0.4, 0.5) is 0 Å². The van der Waals surface area contributed by atoms with Crippen molar-refractivity contribution in [1.82, 2.24) is 9.62 Å². The van der Waals surface area contributed by atoms with Crippen LogP contribution >= 0.6 is 11.6 Å². The molecule has 1 fully saturated rings. The molecule has 2 rings (SSSR count). The Labute approximate surface area is 124 Å². The minimum absolute atomic E-state index is 0.0251. The normalized spacial score (nSPS) is 17.9. The van der Waals surface area contributed by atoms with Crippen molar-refractivity contribution in [3.05, 3.63) is 28.8 Å². The van der Waals surface area contributed by atoms with Gasteiger partial charge < -0.3 is 4.90 Å². The number of likely N-dealkylation sites (tertiary alicyclic amines) is 1. The van der Waals surface area contributed by atoms with E-state index in [0.717, 1.165) is 25.9 Å². The van der Waals surface area contributed by atoms with Crippen molar-refractivity contribution in [2.45, 2.75) is 23.8 Å². The summed E-state index contributed by atoms with van der Waals surface area (Å²) in [6, 6.07) is 6.05. The first kappa shape index (κ1) is 15.3. The summed E-state index contributed by atoms with van der Waals surface area (Å²) in [4.78, 5) is 2.19. The molecule has 5 nitrogen and oxygen atoms in total. The van der Waals surface area contributed by atoms with Gasteiger partial charge in [-0.15, -0.1) is 0 Å². The molecule has 1 N–H and O–H groups in total. The van der Waals surface area contributed by atoms with Crippen molar-refractivity contribution in [2.75, 3.05) is 20.1 Å². The lowest BCUT2D eigenvalue weighted by Crippen LogP contribution is -2.43.